The Balaban J connectivity index is 2.38. The first-order chi connectivity index (χ1) is 4.29. The predicted molar refractivity (Wildman–Crippen MR) is 33.1 cm³/mol. The molecule has 2 rings (SSSR count). The Hall–Kier alpha value is -0.920. The maximum Gasteiger partial charge on any atom is 0.156 e. The fourth-order valence-corrected chi connectivity index (χ4v) is 1.24. The number of aliphatic hydroxyl groups excluding tert-OH is 2. The lowest BCUT2D eigenvalue weighted by atomic mass is 10.1. The van der Waals surface area contributed by atoms with Gasteiger partial charge in [0.25, 0.3) is 0 Å². The van der Waals surface area contributed by atoms with Crippen molar-refractivity contribution in [1.29, 1.82) is 0 Å². The van der Waals surface area contributed by atoms with Crippen molar-refractivity contribution in [2.75, 3.05) is 0 Å². The van der Waals surface area contributed by atoms with E-state index in [-0.39, 0.29) is 11.5 Å². The molecule has 1 saturated carbocycles. The van der Waals surface area contributed by atoms with Crippen LogP contribution in [0.25, 0.3) is 0 Å². The number of fused-ring (bicyclic) bond motifs is 1. The summed E-state index contributed by atoms with van der Waals surface area (Å²) in [5.74, 6) is 0.755. The van der Waals surface area contributed by atoms with Crippen LogP contribution in [0.15, 0.2) is 23.2 Å². The molecule has 1 fully saturated rings. The standard InChI is InChI=1S/C7H8O2/c8-6-2-1-4-3-5(4)7(6)9/h2,4,8-9H,1,3H2. The van der Waals surface area contributed by atoms with Gasteiger partial charge in [0.15, 0.2) is 11.5 Å². The van der Waals surface area contributed by atoms with E-state index in [2.05, 4.69) is 0 Å². The first-order valence-electron chi connectivity index (χ1n) is 3.10. The van der Waals surface area contributed by atoms with Crippen molar-refractivity contribution in [2.45, 2.75) is 12.8 Å². The van der Waals surface area contributed by atoms with E-state index >= 15 is 0 Å². The summed E-state index contributed by atoms with van der Waals surface area (Å²) in [6.45, 7) is 0. The highest BCUT2D eigenvalue weighted by atomic mass is 16.3. The number of aliphatic hydroxyl groups is 2. The van der Waals surface area contributed by atoms with Crippen molar-refractivity contribution in [1.82, 2.24) is 0 Å². The number of hydrogen-bond acceptors (Lipinski definition) is 2. The average molecular weight is 124 g/mol. The van der Waals surface area contributed by atoms with Gasteiger partial charge in [0, 0.05) is 0 Å². The highest BCUT2D eigenvalue weighted by Gasteiger charge is 2.36. The summed E-state index contributed by atoms with van der Waals surface area (Å²) >= 11 is 0. The van der Waals surface area contributed by atoms with Crippen molar-refractivity contribution in [3.05, 3.63) is 23.2 Å². The molecule has 0 aromatic carbocycles. The Morgan fingerprint density at radius 2 is 2.22 bits per heavy atom. The van der Waals surface area contributed by atoms with Crippen LogP contribution in [0, 0.1) is 5.92 Å². The molecule has 2 heteroatoms. The van der Waals surface area contributed by atoms with E-state index in [4.69, 9.17) is 10.2 Å². The summed E-state index contributed by atoms with van der Waals surface area (Å²) in [6, 6.07) is 0. The minimum atomic E-state index is 0.0683. The van der Waals surface area contributed by atoms with Gasteiger partial charge in [0.2, 0.25) is 0 Å². The summed E-state index contributed by atoms with van der Waals surface area (Å²) < 4.78 is 0. The molecule has 0 spiro atoms. The molecule has 1 unspecified atom stereocenters. The van der Waals surface area contributed by atoms with Crippen LogP contribution in [0.3, 0.4) is 0 Å². The Labute approximate surface area is 53.1 Å². The van der Waals surface area contributed by atoms with Crippen LogP contribution in [-0.4, -0.2) is 10.2 Å². The third kappa shape index (κ3) is 0.559. The van der Waals surface area contributed by atoms with Gasteiger partial charge in [-0.3, -0.25) is 0 Å². The van der Waals surface area contributed by atoms with Crippen molar-refractivity contribution < 1.29 is 10.2 Å². The molecular weight excluding hydrogens is 116 g/mol. The van der Waals surface area contributed by atoms with E-state index in [0.29, 0.717) is 5.92 Å². The van der Waals surface area contributed by atoms with E-state index in [1.807, 2.05) is 0 Å². The van der Waals surface area contributed by atoms with E-state index in [0.717, 1.165) is 18.4 Å². The van der Waals surface area contributed by atoms with Crippen LogP contribution in [0.1, 0.15) is 12.8 Å². The smallest absolute Gasteiger partial charge is 0.156 e. The van der Waals surface area contributed by atoms with Gasteiger partial charge < -0.3 is 10.2 Å². The third-order valence-corrected chi connectivity index (χ3v) is 1.94. The maximum atomic E-state index is 9.05. The molecule has 2 aliphatic carbocycles. The highest BCUT2D eigenvalue weighted by Crippen LogP contribution is 2.46. The molecule has 2 nitrogen and oxygen atoms in total. The molecule has 0 amide bonds. The van der Waals surface area contributed by atoms with E-state index < -0.39 is 0 Å². The summed E-state index contributed by atoms with van der Waals surface area (Å²) in [4.78, 5) is 0. The highest BCUT2D eigenvalue weighted by molar-refractivity contribution is 5.39. The van der Waals surface area contributed by atoms with Gasteiger partial charge in [0.1, 0.15) is 0 Å². The first-order valence-corrected chi connectivity index (χ1v) is 3.10. The average Bonchev–Trinajstić information content (AvgIpc) is 2.58. The Bertz CT molecular complexity index is 213. The largest absolute Gasteiger partial charge is 0.504 e. The summed E-state index contributed by atoms with van der Waals surface area (Å²) in [7, 11) is 0. The van der Waals surface area contributed by atoms with E-state index in [1.165, 1.54) is 0 Å². The monoisotopic (exact) mass is 124 g/mol. The van der Waals surface area contributed by atoms with Gasteiger partial charge >= 0.3 is 0 Å². The van der Waals surface area contributed by atoms with E-state index in [1.54, 1.807) is 6.08 Å². The number of hydrogen-bond donors (Lipinski definition) is 2. The fourth-order valence-electron chi connectivity index (χ4n) is 1.24. The minimum Gasteiger partial charge on any atom is -0.504 e. The molecule has 0 aromatic heterocycles. The topological polar surface area (TPSA) is 40.5 Å². The lowest BCUT2D eigenvalue weighted by Crippen LogP contribution is -1.92. The van der Waals surface area contributed by atoms with Crippen molar-refractivity contribution in [2.24, 2.45) is 5.92 Å². The summed E-state index contributed by atoms with van der Waals surface area (Å²) in [5.41, 5.74) is 1.04. The maximum absolute atomic E-state index is 9.05. The van der Waals surface area contributed by atoms with Crippen molar-refractivity contribution >= 4 is 0 Å². The summed E-state index contributed by atoms with van der Waals surface area (Å²) in [5, 5.41) is 18.0. The van der Waals surface area contributed by atoms with Crippen LogP contribution < -0.4 is 0 Å². The van der Waals surface area contributed by atoms with Crippen LogP contribution >= 0.6 is 0 Å². The number of rotatable bonds is 0. The van der Waals surface area contributed by atoms with Crippen molar-refractivity contribution in [3.8, 4) is 0 Å². The predicted octanol–water partition coefficient (Wildman–Crippen LogP) is 1.66. The Kier molecular flexibility index (Phi) is 0.721. The van der Waals surface area contributed by atoms with Gasteiger partial charge in [-0.2, -0.15) is 0 Å². The second-order valence-corrected chi connectivity index (χ2v) is 2.60. The quantitative estimate of drug-likeness (QED) is 0.515. The van der Waals surface area contributed by atoms with Crippen LogP contribution in [0.4, 0.5) is 0 Å². The normalized spacial score (nSPS) is 31.6. The Morgan fingerprint density at radius 1 is 1.44 bits per heavy atom. The second-order valence-electron chi connectivity index (χ2n) is 2.60. The lowest BCUT2D eigenvalue weighted by Gasteiger charge is -2.01. The van der Waals surface area contributed by atoms with E-state index in [9.17, 15) is 0 Å². The molecular formula is C7H8O2. The minimum absolute atomic E-state index is 0.0683. The molecule has 0 saturated heterocycles. The SMILES string of the molecule is OC1=CCC2CC2=C1O. The van der Waals surface area contributed by atoms with Crippen molar-refractivity contribution in [3.63, 3.8) is 0 Å². The van der Waals surface area contributed by atoms with Gasteiger partial charge in [-0.15, -0.1) is 0 Å². The molecule has 48 valence electrons. The van der Waals surface area contributed by atoms with Gasteiger partial charge in [-0.25, -0.2) is 0 Å². The molecule has 0 bridgehead atoms. The molecule has 2 N–H and O–H groups in total. The van der Waals surface area contributed by atoms with Crippen LogP contribution in [0.2, 0.25) is 0 Å². The number of allylic oxidation sites excluding steroid dienone is 2. The zero-order chi connectivity index (χ0) is 6.43. The molecule has 0 radical (unpaired) electrons. The summed E-state index contributed by atoms with van der Waals surface area (Å²) in [6.07, 6.45) is 3.56. The molecule has 0 aromatic rings. The van der Waals surface area contributed by atoms with Gasteiger partial charge in [-0.05, 0) is 30.4 Å². The molecule has 9 heavy (non-hydrogen) atoms. The van der Waals surface area contributed by atoms with Gasteiger partial charge in [-0.1, -0.05) is 0 Å². The Morgan fingerprint density at radius 3 is 2.89 bits per heavy atom. The molecule has 1 atom stereocenters. The van der Waals surface area contributed by atoms with Gasteiger partial charge in [0.05, 0.1) is 0 Å². The van der Waals surface area contributed by atoms with Crippen LogP contribution in [-0.2, 0) is 0 Å². The zero-order valence-electron chi connectivity index (χ0n) is 4.96. The molecule has 0 aliphatic heterocycles. The second kappa shape index (κ2) is 1.32. The van der Waals surface area contributed by atoms with Crippen LogP contribution in [0.5, 0.6) is 0 Å². The zero-order valence-corrected chi connectivity index (χ0v) is 4.96. The third-order valence-electron chi connectivity index (χ3n) is 1.94. The fraction of sp³-hybridized carbons (Fsp3) is 0.429. The molecule has 2 aliphatic rings. The molecule has 0 heterocycles. The first kappa shape index (κ1) is 4.91. The lowest BCUT2D eigenvalue weighted by molar-refractivity contribution is 0.319.